The zero-order valence-corrected chi connectivity index (χ0v) is 10.2. The van der Waals surface area contributed by atoms with E-state index in [1.165, 1.54) is 25.3 Å². The quantitative estimate of drug-likeness (QED) is 0.741. The van der Waals surface area contributed by atoms with Crippen LogP contribution in [0.4, 0.5) is 4.39 Å². The first-order valence-electron chi connectivity index (χ1n) is 5.17. The topological polar surface area (TPSA) is 73.1 Å². The Bertz CT molecular complexity index is 597. The second kappa shape index (κ2) is 4.55. The predicted molar refractivity (Wildman–Crippen MR) is 60.3 cm³/mol. The molecule has 1 amide bonds. The van der Waals surface area contributed by atoms with E-state index in [0.717, 1.165) is 0 Å². The molecule has 0 fully saturated rings. The van der Waals surface area contributed by atoms with Crippen molar-refractivity contribution in [1.29, 1.82) is 0 Å². The lowest BCUT2D eigenvalue weighted by molar-refractivity contribution is -0.128. The van der Waals surface area contributed by atoms with Crippen molar-refractivity contribution in [3.63, 3.8) is 0 Å². The summed E-state index contributed by atoms with van der Waals surface area (Å²) in [6.07, 6.45) is 0.562. The van der Waals surface area contributed by atoms with Crippen molar-refractivity contribution in [2.24, 2.45) is 0 Å². The molecule has 0 aliphatic heterocycles. The molecule has 0 aliphatic carbocycles. The molecule has 0 aliphatic rings. The number of fused-ring (bicyclic) bond motifs is 1. The van der Waals surface area contributed by atoms with Gasteiger partial charge in [-0.15, -0.1) is 0 Å². The van der Waals surface area contributed by atoms with E-state index in [1.54, 1.807) is 11.6 Å². The predicted octanol–water partition coefficient (Wildman–Crippen LogP) is 0.410. The van der Waals surface area contributed by atoms with E-state index in [4.69, 9.17) is 4.74 Å². The molecule has 2 heterocycles. The van der Waals surface area contributed by atoms with Crippen LogP contribution in [0.25, 0.3) is 11.2 Å². The number of imidazole rings is 1. The second-order valence-electron chi connectivity index (χ2n) is 3.75. The molecular weight excluding hydrogens is 241 g/mol. The highest BCUT2D eigenvalue weighted by molar-refractivity contribution is 5.76. The van der Waals surface area contributed by atoms with E-state index in [0.29, 0.717) is 5.52 Å². The highest BCUT2D eigenvalue weighted by Gasteiger charge is 2.14. The molecular formula is C10H12FN5O2. The second-order valence-corrected chi connectivity index (χ2v) is 3.75. The fourth-order valence-electron chi connectivity index (χ4n) is 1.47. The van der Waals surface area contributed by atoms with E-state index < -0.39 is 6.08 Å². The molecule has 7 nitrogen and oxygen atoms in total. The van der Waals surface area contributed by atoms with Crippen molar-refractivity contribution < 1.29 is 13.9 Å². The lowest BCUT2D eigenvalue weighted by atomic mass is 10.5. The molecule has 96 valence electrons. The van der Waals surface area contributed by atoms with Gasteiger partial charge in [0.05, 0.1) is 20.1 Å². The minimum Gasteiger partial charge on any atom is -0.479 e. The summed E-state index contributed by atoms with van der Waals surface area (Å²) >= 11 is 0. The van der Waals surface area contributed by atoms with Crippen molar-refractivity contribution in [3.8, 4) is 5.88 Å². The fourth-order valence-corrected chi connectivity index (χ4v) is 1.47. The third-order valence-electron chi connectivity index (χ3n) is 2.50. The number of amides is 1. The largest absolute Gasteiger partial charge is 0.479 e. The summed E-state index contributed by atoms with van der Waals surface area (Å²) in [5.41, 5.74) is 0.642. The van der Waals surface area contributed by atoms with E-state index in [1.807, 2.05) is 0 Å². The summed E-state index contributed by atoms with van der Waals surface area (Å²) in [7, 11) is 3.00. The van der Waals surface area contributed by atoms with Crippen molar-refractivity contribution >= 4 is 17.1 Å². The lowest BCUT2D eigenvalue weighted by Gasteiger charge is -2.15. The Hall–Kier alpha value is -2.25. The normalized spacial score (nSPS) is 10.7. The number of carbonyl (C=O) groups excluding carboxylic acids is 1. The number of hydrogen-bond acceptors (Lipinski definition) is 5. The molecule has 0 aromatic carbocycles. The van der Waals surface area contributed by atoms with Gasteiger partial charge in [-0.2, -0.15) is 14.4 Å². The van der Waals surface area contributed by atoms with Crippen LogP contribution in [-0.2, 0) is 11.5 Å². The first-order valence-corrected chi connectivity index (χ1v) is 5.17. The van der Waals surface area contributed by atoms with Crippen LogP contribution in [0.3, 0.4) is 0 Å². The van der Waals surface area contributed by atoms with Crippen LogP contribution >= 0.6 is 0 Å². The summed E-state index contributed by atoms with van der Waals surface area (Å²) in [5.74, 6) is -0.0416. The van der Waals surface area contributed by atoms with E-state index >= 15 is 0 Å². The molecule has 0 unspecified atom stereocenters. The Labute approximate surface area is 102 Å². The summed E-state index contributed by atoms with van der Waals surface area (Å²) in [6, 6.07) is 0. The number of aromatic nitrogens is 4. The van der Waals surface area contributed by atoms with Gasteiger partial charge in [0.2, 0.25) is 11.8 Å². The molecule has 2 aromatic rings. The fraction of sp³-hybridized carbons (Fsp3) is 0.400. The number of hydrogen-bond donors (Lipinski definition) is 0. The third kappa shape index (κ3) is 2.08. The minimum absolute atomic E-state index is 0.0710. The van der Waals surface area contributed by atoms with Crippen molar-refractivity contribution in [2.75, 3.05) is 14.2 Å². The highest BCUT2D eigenvalue weighted by atomic mass is 19.1. The molecule has 8 heteroatoms. The molecule has 0 N–H and O–H groups in total. The number of nitrogens with zero attached hydrogens (tertiary/aromatic N) is 5. The number of methoxy groups -OCH3 is 1. The van der Waals surface area contributed by atoms with Crippen LogP contribution in [0.1, 0.15) is 6.92 Å². The Morgan fingerprint density at radius 2 is 2.28 bits per heavy atom. The Balaban J connectivity index is 2.47. The van der Waals surface area contributed by atoms with Crippen LogP contribution < -0.4 is 4.74 Å². The number of ether oxygens (including phenoxy) is 1. The number of halogens is 1. The molecule has 2 aromatic heterocycles. The monoisotopic (exact) mass is 253 g/mol. The SMILES string of the molecule is COc1nc(F)nc2c1ncn2CN(C)C(C)=O. The Kier molecular flexibility index (Phi) is 3.09. The molecule has 0 spiro atoms. The Morgan fingerprint density at radius 1 is 1.56 bits per heavy atom. The van der Waals surface area contributed by atoms with Gasteiger partial charge in [-0.05, 0) is 0 Å². The third-order valence-corrected chi connectivity index (χ3v) is 2.50. The zero-order valence-electron chi connectivity index (χ0n) is 10.2. The Morgan fingerprint density at radius 3 is 2.89 bits per heavy atom. The molecule has 2 rings (SSSR count). The summed E-state index contributed by atoms with van der Waals surface area (Å²) in [4.78, 5) is 23.8. The van der Waals surface area contributed by atoms with Crippen LogP contribution in [0.2, 0.25) is 0 Å². The van der Waals surface area contributed by atoms with Crippen LogP contribution in [-0.4, -0.2) is 44.5 Å². The molecule has 0 saturated heterocycles. The molecule has 0 atom stereocenters. The summed E-state index contributed by atoms with van der Waals surface area (Å²) in [5, 5.41) is 0. The summed E-state index contributed by atoms with van der Waals surface area (Å²) in [6.45, 7) is 1.67. The van der Waals surface area contributed by atoms with Gasteiger partial charge in [-0.1, -0.05) is 0 Å². The van der Waals surface area contributed by atoms with Gasteiger partial charge in [-0.25, -0.2) is 4.98 Å². The first-order chi connectivity index (χ1) is 8.52. The van der Waals surface area contributed by atoms with Gasteiger partial charge in [0.1, 0.15) is 0 Å². The maximum absolute atomic E-state index is 13.2. The van der Waals surface area contributed by atoms with Gasteiger partial charge in [0, 0.05) is 14.0 Å². The van der Waals surface area contributed by atoms with E-state index in [9.17, 15) is 9.18 Å². The van der Waals surface area contributed by atoms with Crippen molar-refractivity contribution in [1.82, 2.24) is 24.4 Å². The van der Waals surface area contributed by atoms with Crippen LogP contribution in [0, 0.1) is 6.08 Å². The molecule has 18 heavy (non-hydrogen) atoms. The van der Waals surface area contributed by atoms with Crippen molar-refractivity contribution in [2.45, 2.75) is 13.6 Å². The van der Waals surface area contributed by atoms with Crippen LogP contribution in [0.5, 0.6) is 5.88 Å². The van der Waals surface area contributed by atoms with Gasteiger partial charge in [0.25, 0.3) is 0 Å². The van der Waals surface area contributed by atoms with Gasteiger partial charge >= 0.3 is 6.08 Å². The number of rotatable bonds is 3. The number of carbonyl (C=O) groups is 1. The van der Waals surface area contributed by atoms with Gasteiger partial charge in [0.15, 0.2) is 11.2 Å². The maximum Gasteiger partial charge on any atom is 0.314 e. The van der Waals surface area contributed by atoms with Gasteiger partial charge in [-0.3, -0.25) is 9.36 Å². The summed E-state index contributed by atoms with van der Waals surface area (Å²) < 4.78 is 19.7. The minimum atomic E-state index is -0.897. The first kappa shape index (κ1) is 12.2. The maximum atomic E-state index is 13.2. The standard InChI is InChI=1S/C10H12FN5O2/c1-6(17)15(2)5-16-4-12-7-8(16)13-10(11)14-9(7)18-3/h4H,5H2,1-3H3. The smallest absolute Gasteiger partial charge is 0.314 e. The van der Waals surface area contributed by atoms with Crippen molar-refractivity contribution in [3.05, 3.63) is 12.4 Å². The molecule has 0 radical (unpaired) electrons. The van der Waals surface area contributed by atoms with E-state index in [2.05, 4.69) is 15.0 Å². The van der Waals surface area contributed by atoms with Gasteiger partial charge < -0.3 is 9.64 Å². The lowest BCUT2D eigenvalue weighted by Crippen LogP contribution is -2.26. The molecule has 0 bridgehead atoms. The average Bonchev–Trinajstić information content (AvgIpc) is 2.71. The zero-order chi connectivity index (χ0) is 13.3. The van der Waals surface area contributed by atoms with Crippen LogP contribution in [0.15, 0.2) is 6.33 Å². The van der Waals surface area contributed by atoms with E-state index in [-0.39, 0.29) is 24.1 Å². The molecule has 0 saturated carbocycles. The average molecular weight is 253 g/mol. The highest BCUT2D eigenvalue weighted by Crippen LogP contribution is 2.20.